The van der Waals surface area contributed by atoms with Gasteiger partial charge in [-0.2, -0.15) is 4.31 Å². The first-order chi connectivity index (χ1) is 8.24. The second-order valence-electron chi connectivity index (χ2n) is 4.35. The molecule has 1 aliphatic rings. The molecule has 0 aliphatic carbocycles. The Kier molecular flexibility index (Phi) is 5.53. The quantitative estimate of drug-likeness (QED) is 0.627. The molecule has 1 saturated heterocycles. The van der Waals surface area contributed by atoms with Crippen LogP contribution in [-0.4, -0.2) is 78.3 Å². The summed E-state index contributed by atoms with van der Waals surface area (Å²) in [6.45, 7) is 1.46. The Bertz CT molecular complexity index is 457. The topological polar surface area (TPSA) is 92.8 Å². The molecule has 1 atom stereocenters. The number of nitrogens with one attached hydrogen (secondary N) is 1. The van der Waals surface area contributed by atoms with Crippen molar-refractivity contribution in [1.82, 2.24) is 9.62 Å². The average Bonchev–Trinajstić information content (AvgIpc) is 2.27. The van der Waals surface area contributed by atoms with E-state index in [2.05, 4.69) is 5.32 Å². The lowest BCUT2D eigenvalue weighted by Crippen LogP contribution is -2.49. The number of hydrogen-bond donors (Lipinski definition) is 1. The Hall–Kier alpha value is -0.220. The van der Waals surface area contributed by atoms with Gasteiger partial charge >= 0.3 is 0 Å². The molecule has 1 unspecified atom stereocenters. The summed E-state index contributed by atoms with van der Waals surface area (Å²) in [6, 6.07) is 0. The van der Waals surface area contributed by atoms with Crippen molar-refractivity contribution in [2.75, 3.05) is 51.1 Å². The van der Waals surface area contributed by atoms with E-state index in [1.165, 1.54) is 4.31 Å². The monoisotopic (exact) mass is 300 g/mol. The summed E-state index contributed by atoms with van der Waals surface area (Å²) in [5, 5.41) is 2.92. The van der Waals surface area contributed by atoms with Crippen LogP contribution >= 0.6 is 0 Å². The third kappa shape index (κ3) is 5.19. The van der Waals surface area contributed by atoms with Crippen LogP contribution in [0.25, 0.3) is 0 Å². The van der Waals surface area contributed by atoms with Crippen molar-refractivity contribution in [3.63, 3.8) is 0 Å². The van der Waals surface area contributed by atoms with Crippen LogP contribution in [0.15, 0.2) is 0 Å². The number of sulfone groups is 1. The Labute approximate surface area is 108 Å². The first kappa shape index (κ1) is 15.8. The number of hydrogen-bond acceptors (Lipinski definition) is 6. The normalized spacial score (nSPS) is 23.1. The van der Waals surface area contributed by atoms with Crippen molar-refractivity contribution in [2.24, 2.45) is 0 Å². The van der Waals surface area contributed by atoms with Gasteiger partial charge in [-0.25, -0.2) is 16.8 Å². The highest BCUT2D eigenvalue weighted by Crippen LogP contribution is 2.10. The van der Waals surface area contributed by atoms with Gasteiger partial charge in [0.2, 0.25) is 10.0 Å². The zero-order chi connectivity index (χ0) is 13.8. The molecular weight excluding hydrogens is 280 g/mol. The molecule has 1 N–H and O–H groups in total. The van der Waals surface area contributed by atoms with Gasteiger partial charge in [-0.15, -0.1) is 0 Å². The smallest absolute Gasteiger partial charge is 0.215 e. The number of nitrogens with zero attached hydrogens (tertiary/aromatic N) is 1. The maximum absolute atomic E-state index is 12.0. The number of rotatable bonds is 6. The molecule has 0 spiro atoms. The van der Waals surface area contributed by atoms with E-state index in [9.17, 15) is 16.8 Å². The van der Waals surface area contributed by atoms with Crippen LogP contribution in [0.1, 0.15) is 0 Å². The van der Waals surface area contributed by atoms with Gasteiger partial charge in [0.15, 0.2) is 0 Å². The van der Waals surface area contributed by atoms with E-state index >= 15 is 0 Å². The van der Waals surface area contributed by atoms with Crippen LogP contribution in [0.4, 0.5) is 0 Å². The molecule has 1 heterocycles. The van der Waals surface area contributed by atoms with Gasteiger partial charge in [0, 0.05) is 25.9 Å². The molecule has 0 bridgehead atoms. The van der Waals surface area contributed by atoms with E-state index in [4.69, 9.17) is 4.74 Å². The van der Waals surface area contributed by atoms with E-state index in [-0.39, 0.29) is 30.7 Å². The zero-order valence-corrected chi connectivity index (χ0v) is 12.3. The second kappa shape index (κ2) is 6.29. The lowest BCUT2D eigenvalue weighted by molar-refractivity contribution is 0.000883. The molecule has 0 aromatic heterocycles. The van der Waals surface area contributed by atoms with Crippen molar-refractivity contribution in [1.29, 1.82) is 0 Å². The first-order valence-corrected chi connectivity index (χ1v) is 9.33. The molecule has 1 aliphatic heterocycles. The van der Waals surface area contributed by atoms with Crippen LogP contribution in [0, 0.1) is 0 Å². The zero-order valence-electron chi connectivity index (χ0n) is 10.6. The summed E-state index contributed by atoms with van der Waals surface area (Å²) < 4.78 is 52.7. The molecule has 0 aromatic carbocycles. The summed E-state index contributed by atoms with van der Waals surface area (Å²) in [7, 11) is -5.03. The molecule has 0 aromatic rings. The largest absolute Gasteiger partial charge is 0.374 e. The van der Waals surface area contributed by atoms with E-state index in [0.29, 0.717) is 13.2 Å². The third-order valence-electron chi connectivity index (χ3n) is 2.64. The second-order valence-corrected chi connectivity index (χ2v) is 8.70. The Morgan fingerprint density at radius 2 is 1.94 bits per heavy atom. The molecule has 1 rings (SSSR count). The van der Waals surface area contributed by atoms with E-state index in [0.717, 1.165) is 6.26 Å². The molecule has 7 nitrogen and oxygen atoms in total. The van der Waals surface area contributed by atoms with E-state index in [1.807, 2.05) is 0 Å². The molecule has 1 fully saturated rings. The highest BCUT2D eigenvalue weighted by Gasteiger charge is 2.29. The van der Waals surface area contributed by atoms with Gasteiger partial charge < -0.3 is 10.1 Å². The molecule has 18 heavy (non-hydrogen) atoms. The van der Waals surface area contributed by atoms with Crippen LogP contribution in [0.5, 0.6) is 0 Å². The highest BCUT2D eigenvalue weighted by atomic mass is 32.2. The van der Waals surface area contributed by atoms with Gasteiger partial charge in [-0.3, -0.25) is 0 Å². The molecule has 108 valence electrons. The van der Waals surface area contributed by atoms with E-state index in [1.54, 1.807) is 7.05 Å². The minimum absolute atomic E-state index is 0.184. The molecular formula is C9H20N2O5S2. The highest BCUT2D eigenvalue weighted by molar-refractivity contribution is 7.93. The maximum Gasteiger partial charge on any atom is 0.215 e. The summed E-state index contributed by atoms with van der Waals surface area (Å²) >= 11 is 0. The minimum Gasteiger partial charge on any atom is -0.374 e. The molecule has 0 radical (unpaired) electrons. The van der Waals surface area contributed by atoms with Gasteiger partial charge in [0.05, 0.1) is 24.2 Å². The van der Waals surface area contributed by atoms with Crippen LogP contribution in [-0.2, 0) is 24.6 Å². The summed E-state index contributed by atoms with van der Waals surface area (Å²) in [4.78, 5) is 0. The number of morpholine rings is 1. The standard InChI is InChI=1S/C9H20N2O5S2/c1-10-7-9-8-11(3-4-16-9)18(14,15)6-5-17(2,12)13/h9-10H,3-8H2,1-2H3. The molecule has 0 saturated carbocycles. The summed E-state index contributed by atoms with van der Waals surface area (Å²) in [5.74, 6) is -0.707. The molecule has 9 heteroatoms. The lowest BCUT2D eigenvalue weighted by atomic mass is 10.3. The van der Waals surface area contributed by atoms with Gasteiger partial charge in [-0.1, -0.05) is 0 Å². The predicted octanol–water partition coefficient (Wildman–Crippen LogP) is -1.72. The number of ether oxygens (including phenoxy) is 1. The van der Waals surface area contributed by atoms with E-state index < -0.39 is 19.9 Å². The van der Waals surface area contributed by atoms with Crippen molar-refractivity contribution in [3.8, 4) is 0 Å². The third-order valence-corrected chi connectivity index (χ3v) is 5.68. The number of likely N-dealkylation sites (N-methyl/N-ethyl adjacent to an activating group) is 1. The van der Waals surface area contributed by atoms with Gasteiger partial charge in [-0.05, 0) is 7.05 Å². The fourth-order valence-corrected chi connectivity index (χ4v) is 4.74. The SMILES string of the molecule is CNCC1CN(S(=O)(=O)CCS(C)(=O)=O)CCO1. The molecule has 0 amide bonds. The predicted molar refractivity (Wildman–Crippen MR) is 68.7 cm³/mol. The van der Waals surface area contributed by atoms with Crippen molar-refractivity contribution in [3.05, 3.63) is 0 Å². The summed E-state index contributed by atoms with van der Waals surface area (Å²) in [5.41, 5.74) is 0. The van der Waals surface area contributed by atoms with Crippen LogP contribution < -0.4 is 5.32 Å². The van der Waals surface area contributed by atoms with Crippen LogP contribution in [0.3, 0.4) is 0 Å². The fraction of sp³-hybridized carbons (Fsp3) is 1.00. The van der Waals surface area contributed by atoms with Gasteiger partial charge in [0.25, 0.3) is 0 Å². The van der Waals surface area contributed by atoms with Crippen LogP contribution in [0.2, 0.25) is 0 Å². The van der Waals surface area contributed by atoms with Crippen molar-refractivity contribution >= 4 is 19.9 Å². The average molecular weight is 300 g/mol. The Balaban J connectivity index is 2.61. The van der Waals surface area contributed by atoms with Gasteiger partial charge in [0.1, 0.15) is 9.84 Å². The minimum atomic E-state index is -3.52. The maximum atomic E-state index is 12.0. The van der Waals surface area contributed by atoms with Crippen molar-refractivity contribution in [2.45, 2.75) is 6.10 Å². The first-order valence-electron chi connectivity index (χ1n) is 5.66. The van der Waals surface area contributed by atoms with Crippen molar-refractivity contribution < 1.29 is 21.6 Å². The Morgan fingerprint density at radius 1 is 1.28 bits per heavy atom. The number of sulfonamides is 1. The Morgan fingerprint density at radius 3 is 2.50 bits per heavy atom. The fourth-order valence-electron chi connectivity index (χ4n) is 1.68. The summed E-state index contributed by atoms with van der Waals surface area (Å²) in [6.07, 6.45) is 0.850. The lowest BCUT2D eigenvalue weighted by Gasteiger charge is -2.32.